The highest BCUT2D eigenvalue weighted by Gasteiger charge is 2.14. The monoisotopic (exact) mass is 268 g/mol. The van der Waals surface area contributed by atoms with Gasteiger partial charge in [0, 0.05) is 6.54 Å². The first-order chi connectivity index (χ1) is 8.55. The summed E-state index contributed by atoms with van der Waals surface area (Å²) in [7, 11) is -1.99. The Morgan fingerprint density at radius 2 is 2.17 bits per heavy atom. The van der Waals surface area contributed by atoms with Gasteiger partial charge in [-0.3, -0.25) is 0 Å². The summed E-state index contributed by atoms with van der Waals surface area (Å²) in [6.07, 6.45) is 0. The van der Waals surface area contributed by atoms with Crippen molar-refractivity contribution < 1.29 is 13.2 Å². The number of benzene rings is 1. The van der Waals surface area contributed by atoms with E-state index in [2.05, 4.69) is 16.6 Å². The first-order valence-corrected chi connectivity index (χ1v) is 6.90. The second-order valence-electron chi connectivity index (χ2n) is 3.37. The number of hydrogen-bond acceptors (Lipinski definition) is 4. The smallest absolute Gasteiger partial charge is 0.240 e. The van der Waals surface area contributed by atoms with Gasteiger partial charge in [0.05, 0.1) is 24.1 Å². The molecule has 0 radical (unpaired) electrons. The third-order valence-corrected chi connectivity index (χ3v) is 3.68. The van der Waals surface area contributed by atoms with Crippen LogP contribution in [0.15, 0.2) is 23.1 Å². The zero-order chi connectivity index (χ0) is 13.6. The van der Waals surface area contributed by atoms with E-state index in [0.717, 1.165) is 0 Å². The van der Waals surface area contributed by atoms with Crippen LogP contribution in [0.5, 0.6) is 5.75 Å². The maximum absolute atomic E-state index is 11.8. The molecule has 0 amide bonds. The van der Waals surface area contributed by atoms with E-state index in [-0.39, 0.29) is 11.4 Å². The van der Waals surface area contributed by atoms with Crippen molar-refractivity contribution >= 4 is 10.0 Å². The standard InChI is InChI=1S/C12H16N2O3S/c1-3-14-18(15,16)11-6-7-12(17-2)10(9-11)5-4-8-13/h6-7,9,14H,3,8,13H2,1-2H3. The lowest BCUT2D eigenvalue weighted by Gasteiger charge is -2.08. The van der Waals surface area contributed by atoms with Crippen molar-refractivity contribution in [3.05, 3.63) is 23.8 Å². The van der Waals surface area contributed by atoms with Crippen LogP contribution in [0, 0.1) is 11.8 Å². The van der Waals surface area contributed by atoms with Gasteiger partial charge in [0.15, 0.2) is 0 Å². The summed E-state index contributed by atoms with van der Waals surface area (Å²) in [5.74, 6) is 5.98. The highest BCUT2D eigenvalue weighted by atomic mass is 32.2. The molecule has 18 heavy (non-hydrogen) atoms. The summed E-state index contributed by atoms with van der Waals surface area (Å²) in [6, 6.07) is 4.52. The van der Waals surface area contributed by atoms with E-state index in [4.69, 9.17) is 10.5 Å². The Kier molecular flexibility index (Phi) is 5.16. The molecule has 0 aliphatic heterocycles. The van der Waals surface area contributed by atoms with E-state index in [1.54, 1.807) is 13.0 Å². The van der Waals surface area contributed by atoms with Crippen LogP contribution >= 0.6 is 0 Å². The lowest BCUT2D eigenvalue weighted by atomic mass is 10.2. The van der Waals surface area contributed by atoms with E-state index in [1.807, 2.05) is 0 Å². The van der Waals surface area contributed by atoms with Crippen LogP contribution in [0.4, 0.5) is 0 Å². The molecule has 1 aromatic carbocycles. The van der Waals surface area contributed by atoms with E-state index >= 15 is 0 Å². The van der Waals surface area contributed by atoms with Gasteiger partial charge < -0.3 is 10.5 Å². The highest BCUT2D eigenvalue weighted by Crippen LogP contribution is 2.21. The zero-order valence-electron chi connectivity index (χ0n) is 10.4. The molecular weight excluding hydrogens is 252 g/mol. The molecule has 0 unspecified atom stereocenters. The molecule has 0 aromatic heterocycles. The number of ether oxygens (including phenoxy) is 1. The molecule has 6 heteroatoms. The lowest BCUT2D eigenvalue weighted by molar-refractivity contribution is 0.413. The Hall–Kier alpha value is -1.55. The van der Waals surface area contributed by atoms with Crippen LogP contribution in [0.2, 0.25) is 0 Å². The number of hydrogen-bond donors (Lipinski definition) is 2. The number of nitrogens with two attached hydrogens (primary N) is 1. The van der Waals surface area contributed by atoms with Crippen molar-refractivity contribution in [2.24, 2.45) is 5.73 Å². The normalized spacial score (nSPS) is 10.6. The number of sulfonamides is 1. The summed E-state index contributed by atoms with van der Waals surface area (Å²) < 4.78 is 31.2. The van der Waals surface area contributed by atoms with Gasteiger partial charge in [-0.2, -0.15) is 0 Å². The minimum atomic E-state index is -3.49. The van der Waals surface area contributed by atoms with Gasteiger partial charge in [0.1, 0.15) is 5.75 Å². The van der Waals surface area contributed by atoms with Crippen LogP contribution in [0.25, 0.3) is 0 Å². The molecular formula is C12H16N2O3S. The predicted molar refractivity (Wildman–Crippen MR) is 69.8 cm³/mol. The van der Waals surface area contributed by atoms with Crippen LogP contribution in [0.3, 0.4) is 0 Å². The van der Waals surface area contributed by atoms with E-state index in [9.17, 15) is 8.42 Å². The van der Waals surface area contributed by atoms with Gasteiger partial charge in [0.25, 0.3) is 0 Å². The maximum Gasteiger partial charge on any atom is 0.240 e. The molecule has 0 heterocycles. The van der Waals surface area contributed by atoms with Crippen LogP contribution in [0.1, 0.15) is 12.5 Å². The number of methoxy groups -OCH3 is 1. The molecule has 5 nitrogen and oxygen atoms in total. The minimum Gasteiger partial charge on any atom is -0.495 e. The van der Waals surface area contributed by atoms with Crippen molar-refractivity contribution in [3.8, 4) is 17.6 Å². The second kappa shape index (κ2) is 6.40. The first kappa shape index (κ1) is 14.5. The van der Waals surface area contributed by atoms with Crippen LogP contribution in [-0.2, 0) is 10.0 Å². The van der Waals surface area contributed by atoms with Gasteiger partial charge in [-0.05, 0) is 18.2 Å². The summed E-state index contributed by atoms with van der Waals surface area (Å²) >= 11 is 0. The first-order valence-electron chi connectivity index (χ1n) is 5.41. The van der Waals surface area contributed by atoms with Crippen LogP contribution < -0.4 is 15.2 Å². The Labute approximate surface area is 107 Å². The Balaban J connectivity index is 3.26. The van der Waals surface area contributed by atoms with Crippen LogP contribution in [-0.4, -0.2) is 28.6 Å². The summed E-state index contributed by atoms with van der Waals surface area (Å²) in [5.41, 5.74) is 5.80. The Morgan fingerprint density at radius 3 is 2.72 bits per heavy atom. The van der Waals surface area contributed by atoms with Crippen molar-refractivity contribution in [3.63, 3.8) is 0 Å². The Morgan fingerprint density at radius 1 is 1.44 bits per heavy atom. The molecule has 3 N–H and O–H groups in total. The molecule has 98 valence electrons. The third kappa shape index (κ3) is 3.47. The molecule has 0 bridgehead atoms. The quantitative estimate of drug-likeness (QED) is 0.770. The average Bonchev–Trinajstić information content (AvgIpc) is 2.35. The fourth-order valence-corrected chi connectivity index (χ4v) is 2.44. The number of nitrogens with one attached hydrogen (secondary N) is 1. The topological polar surface area (TPSA) is 81.4 Å². The molecule has 0 saturated heterocycles. The van der Waals surface area contributed by atoms with Crippen molar-refractivity contribution in [2.45, 2.75) is 11.8 Å². The third-order valence-electron chi connectivity index (χ3n) is 2.14. The summed E-state index contributed by atoms with van der Waals surface area (Å²) in [6.45, 7) is 2.25. The molecule has 0 aliphatic carbocycles. The minimum absolute atomic E-state index is 0.159. The van der Waals surface area contributed by atoms with Crippen molar-refractivity contribution in [1.29, 1.82) is 0 Å². The van der Waals surface area contributed by atoms with E-state index < -0.39 is 10.0 Å². The van der Waals surface area contributed by atoms with Crippen molar-refractivity contribution in [1.82, 2.24) is 4.72 Å². The van der Waals surface area contributed by atoms with Gasteiger partial charge in [-0.15, -0.1) is 0 Å². The molecule has 1 aromatic rings. The van der Waals surface area contributed by atoms with Gasteiger partial charge in [-0.25, -0.2) is 13.1 Å². The zero-order valence-corrected chi connectivity index (χ0v) is 11.2. The summed E-state index contributed by atoms with van der Waals surface area (Å²) in [5, 5.41) is 0. The highest BCUT2D eigenvalue weighted by molar-refractivity contribution is 7.89. The predicted octanol–water partition coefficient (Wildman–Crippen LogP) is 0.304. The number of rotatable bonds is 4. The summed E-state index contributed by atoms with van der Waals surface area (Å²) in [4.78, 5) is 0.159. The molecule has 0 aliphatic rings. The molecule has 0 atom stereocenters. The van der Waals surface area contributed by atoms with Gasteiger partial charge >= 0.3 is 0 Å². The largest absolute Gasteiger partial charge is 0.495 e. The lowest BCUT2D eigenvalue weighted by Crippen LogP contribution is -2.23. The molecule has 0 saturated carbocycles. The van der Waals surface area contributed by atoms with Gasteiger partial charge in [-0.1, -0.05) is 18.8 Å². The average molecular weight is 268 g/mol. The SMILES string of the molecule is CCNS(=O)(=O)c1ccc(OC)c(C#CCN)c1. The molecule has 0 spiro atoms. The van der Waals surface area contributed by atoms with Crippen molar-refractivity contribution in [2.75, 3.05) is 20.2 Å². The Bertz CT molecular complexity index is 571. The molecule has 1 rings (SSSR count). The van der Waals surface area contributed by atoms with E-state index in [0.29, 0.717) is 17.9 Å². The van der Waals surface area contributed by atoms with E-state index in [1.165, 1.54) is 19.2 Å². The van der Waals surface area contributed by atoms with Gasteiger partial charge in [0.2, 0.25) is 10.0 Å². The fourth-order valence-electron chi connectivity index (χ4n) is 1.37. The maximum atomic E-state index is 11.8. The fraction of sp³-hybridized carbons (Fsp3) is 0.333. The molecule has 0 fully saturated rings. The second-order valence-corrected chi connectivity index (χ2v) is 5.14.